The molecule has 0 aliphatic carbocycles. The summed E-state index contributed by atoms with van der Waals surface area (Å²) in [5, 5.41) is 2.75. The van der Waals surface area contributed by atoms with Crippen molar-refractivity contribution in [2.24, 2.45) is 0 Å². The average Bonchev–Trinajstić information content (AvgIpc) is 2.72. The van der Waals surface area contributed by atoms with Gasteiger partial charge in [-0.1, -0.05) is 42.0 Å². The van der Waals surface area contributed by atoms with Crippen molar-refractivity contribution in [1.29, 1.82) is 0 Å². The predicted molar refractivity (Wildman–Crippen MR) is 113 cm³/mol. The van der Waals surface area contributed by atoms with Crippen LogP contribution in [0.5, 0.6) is 0 Å². The molecule has 0 spiro atoms. The van der Waals surface area contributed by atoms with Gasteiger partial charge in [-0.3, -0.25) is 14.1 Å². The Morgan fingerprint density at radius 1 is 1.00 bits per heavy atom. The fourth-order valence-corrected chi connectivity index (χ4v) is 4.49. The van der Waals surface area contributed by atoms with Crippen molar-refractivity contribution >= 4 is 21.6 Å². The molecule has 29 heavy (non-hydrogen) atoms. The summed E-state index contributed by atoms with van der Waals surface area (Å²) in [5.41, 5.74) is 2.97. The summed E-state index contributed by atoms with van der Waals surface area (Å²) < 4.78 is 27.8. The Hall–Kier alpha value is -3.19. The number of aromatic nitrogens is 1. The van der Waals surface area contributed by atoms with E-state index in [0.29, 0.717) is 11.4 Å². The van der Waals surface area contributed by atoms with Gasteiger partial charge in [0.1, 0.15) is 6.54 Å². The Labute approximate surface area is 171 Å². The summed E-state index contributed by atoms with van der Waals surface area (Å²) in [6, 6.07) is 19.0. The van der Waals surface area contributed by atoms with Crippen molar-refractivity contribution in [1.82, 2.24) is 10.3 Å². The van der Waals surface area contributed by atoms with Gasteiger partial charge in [-0.05, 0) is 49.7 Å². The lowest BCUT2D eigenvalue weighted by molar-refractivity contribution is -0.119. The Morgan fingerprint density at radius 2 is 1.72 bits per heavy atom. The van der Waals surface area contributed by atoms with E-state index in [4.69, 9.17) is 0 Å². The van der Waals surface area contributed by atoms with Crippen molar-refractivity contribution in [3.63, 3.8) is 0 Å². The number of anilines is 1. The van der Waals surface area contributed by atoms with Crippen LogP contribution in [0.1, 0.15) is 16.8 Å². The number of carbonyl (C=O) groups is 1. The first kappa shape index (κ1) is 20.5. The van der Waals surface area contributed by atoms with Crippen molar-refractivity contribution in [3.05, 3.63) is 89.7 Å². The Bertz CT molecular complexity index is 1080. The third-order valence-electron chi connectivity index (χ3n) is 4.43. The molecule has 6 nitrogen and oxygen atoms in total. The molecule has 150 valence electrons. The van der Waals surface area contributed by atoms with Gasteiger partial charge in [-0.25, -0.2) is 8.42 Å². The maximum atomic E-state index is 13.3. The molecule has 0 radical (unpaired) electrons. The van der Waals surface area contributed by atoms with Crippen LogP contribution in [0.2, 0.25) is 0 Å². The van der Waals surface area contributed by atoms with Gasteiger partial charge in [0.2, 0.25) is 5.91 Å². The number of amides is 1. The zero-order valence-electron chi connectivity index (χ0n) is 16.4. The van der Waals surface area contributed by atoms with Crippen LogP contribution < -0.4 is 9.62 Å². The minimum absolute atomic E-state index is 0.137. The fraction of sp³-hybridized carbons (Fsp3) is 0.182. The number of carbonyl (C=O) groups excluding carboxylic acids is 1. The highest BCUT2D eigenvalue weighted by Gasteiger charge is 2.28. The third-order valence-corrected chi connectivity index (χ3v) is 6.21. The van der Waals surface area contributed by atoms with Crippen LogP contribution in [-0.2, 0) is 21.4 Å². The molecule has 0 aliphatic heterocycles. The number of rotatable bonds is 7. The summed E-state index contributed by atoms with van der Waals surface area (Å²) in [4.78, 5) is 16.9. The van der Waals surface area contributed by atoms with Gasteiger partial charge in [0.25, 0.3) is 10.0 Å². The summed E-state index contributed by atoms with van der Waals surface area (Å²) >= 11 is 0. The molecule has 0 bridgehead atoms. The Morgan fingerprint density at radius 3 is 2.38 bits per heavy atom. The van der Waals surface area contributed by atoms with E-state index in [9.17, 15) is 13.2 Å². The van der Waals surface area contributed by atoms with Gasteiger partial charge in [-0.2, -0.15) is 0 Å². The summed E-state index contributed by atoms with van der Waals surface area (Å²) in [7, 11) is -3.91. The highest BCUT2D eigenvalue weighted by atomic mass is 32.2. The summed E-state index contributed by atoms with van der Waals surface area (Å²) in [6.07, 6.45) is 1.64. The first-order valence-corrected chi connectivity index (χ1v) is 10.6. The number of nitrogens with zero attached hydrogens (tertiary/aromatic N) is 2. The van der Waals surface area contributed by atoms with Crippen LogP contribution in [0, 0.1) is 13.8 Å². The lowest BCUT2D eigenvalue weighted by atomic mass is 10.1. The first-order chi connectivity index (χ1) is 13.9. The number of sulfonamides is 1. The van der Waals surface area contributed by atoms with Gasteiger partial charge in [0.15, 0.2) is 0 Å². The van der Waals surface area contributed by atoms with Gasteiger partial charge < -0.3 is 5.32 Å². The molecule has 0 saturated heterocycles. The summed E-state index contributed by atoms with van der Waals surface area (Å²) in [5.74, 6) is -0.407. The van der Waals surface area contributed by atoms with Crippen molar-refractivity contribution in [2.45, 2.75) is 25.3 Å². The SMILES string of the molecule is Cc1ccc(N(CC(=O)NCc2ccccn2)S(=O)(=O)c2ccccc2)c(C)c1. The van der Waals surface area contributed by atoms with E-state index in [2.05, 4.69) is 10.3 Å². The molecule has 0 atom stereocenters. The molecule has 1 amide bonds. The molecule has 0 fully saturated rings. The van der Waals surface area contributed by atoms with Crippen molar-refractivity contribution in [2.75, 3.05) is 10.8 Å². The maximum Gasteiger partial charge on any atom is 0.264 e. The zero-order chi connectivity index (χ0) is 20.9. The van der Waals surface area contributed by atoms with Crippen LogP contribution in [-0.4, -0.2) is 25.9 Å². The van der Waals surface area contributed by atoms with Crippen LogP contribution in [0.25, 0.3) is 0 Å². The van der Waals surface area contributed by atoms with E-state index in [1.807, 2.05) is 32.0 Å². The number of aryl methyl sites for hydroxylation is 2. The number of hydrogen-bond acceptors (Lipinski definition) is 4. The van der Waals surface area contributed by atoms with E-state index in [-0.39, 0.29) is 18.0 Å². The lowest BCUT2D eigenvalue weighted by Crippen LogP contribution is -2.41. The fourth-order valence-electron chi connectivity index (χ4n) is 2.98. The lowest BCUT2D eigenvalue weighted by Gasteiger charge is -2.26. The highest BCUT2D eigenvalue weighted by Crippen LogP contribution is 2.27. The maximum absolute atomic E-state index is 13.3. The molecule has 3 aromatic rings. The van der Waals surface area contributed by atoms with Crippen LogP contribution in [0.15, 0.2) is 77.8 Å². The minimum atomic E-state index is -3.91. The van der Waals surface area contributed by atoms with Crippen LogP contribution >= 0.6 is 0 Å². The predicted octanol–water partition coefficient (Wildman–Crippen LogP) is 3.21. The molecular weight excluding hydrogens is 386 g/mol. The molecule has 3 rings (SSSR count). The molecular formula is C22H23N3O3S. The van der Waals surface area contributed by atoms with Gasteiger partial charge in [0, 0.05) is 6.20 Å². The standard InChI is InChI=1S/C22H23N3O3S/c1-17-11-12-21(18(2)14-17)25(29(27,28)20-9-4-3-5-10-20)16-22(26)24-15-19-8-6-7-13-23-19/h3-14H,15-16H2,1-2H3,(H,24,26). The monoisotopic (exact) mass is 409 g/mol. The highest BCUT2D eigenvalue weighted by molar-refractivity contribution is 7.92. The second-order valence-corrected chi connectivity index (χ2v) is 8.57. The molecule has 2 aromatic carbocycles. The van der Waals surface area contributed by atoms with E-state index in [0.717, 1.165) is 15.4 Å². The van der Waals surface area contributed by atoms with E-state index in [1.54, 1.807) is 42.6 Å². The van der Waals surface area contributed by atoms with Gasteiger partial charge >= 0.3 is 0 Å². The van der Waals surface area contributed by atoms with E-state index in [1.165, 1.54) is 12.1 Å². The Kier molecular flexibility index (Phi) is 6.29. The summed E-state index contributed by atoms with van der Waals surface area (Å²) in [6.45, 7) is 3.67. The van der Waals surface area contributed by atoms with Gasteiger partial charge in [0.05, 0.1) is 22.8 Å². The van der Waals surface area contributed by atoms with Crippen molar-refractivity contribution in [3.8, 4) is 0 Å². The van der Waals surface area contributed by atoms with E-state index < -0.39 is 15.9 Å². The second-order valence-electron chi connectivity index (χ2n) is 6.71. The number of benzene rings is 2. The zero-order valence-corrected chi connectivity index (χ0v) is 17.2. The number of nitrogens with one attached hydrogen (secondary N) is 1. The number of hydrogen-bond donors (Lipinski definition) is 1. The molecule has 7 heteroatoms. The topological polar surface area (TPSA) is 79.4 Å². The van der Waals surface area contributed by atoms with Gasteiger partial charge in [-0.15, -0.1) is 0 Å². The first-order valence-electron chi connectivity index (χ1n) is 9.19. The minimum Gasteiger partial charge on any atom is -0.349 e. The van der Waals surface area contributed by atoms with Crippen molar-refractivity contribution < 1.29 is 13.2 Å². The third kappa shape index (κ3) is 5.00. The molecule has 0 saturated carbocycles. The normalized spacial score (nSPS) is 11.1. The molecule has 0 aliphatic rings. The second kappa shape index (κ2) is 8.87. The molecule has 1 N–H and O–H groups in total. The average molecular weight is 410 g/mol. The largest absolute Gasteiger partial charge is 0.349 e. The van der Waals surface area contributed by atoms with E-state index >= 15 is 0 Å². The smallest absolute Gasteiger partial charge is 0.264 e. The Balaban J connectivity index is 1.90. The molecule has 1 heterocycles. The molecule has 1 aromatic heterocycles. The quantitative estimate of drug-likeness (QED) is 0.650. The molecule has 0 unspecified atom stereocenters. The van der Waals surface area contributed by atoms with Crippen LogP contribution in [0.4, 0.5) is 5.69 Å². The van der Waals surface area contributed by atoms with Crippen LogP contribution in [0.3, 0.4) is 0 Å². The number of pyridine rings is 1.